The Balaban J connectivity index is 2.25. The summed E-state index contributed by atoms with van der Waals surface area (Å²) in [4.78, 5) is 17.6. The maximum absolute atomic E-state index is 10.9. The van der Waals surface area contributed by atoms with Crippen LogP contribution in [0.2, 0.25) is 5.28 Å². The maximum atomic E-state index is 10.9. The highest BCUT2D eigenvalue weighted by molar-refractivity contribution is 6.28. The Labute approximate surface area is 120 Å². The number of nitro groups is 1. The van der Waals surface area contributed by atoms with E-state index in [4.69, 9.17) is 16.3 Å². The summed E-state index contributed by atoms with van der Waals surface area (Å²) >= 11 is 5.63. The molecule has 0 atom stereocenters. The van der Waals surface area contributed by atoms with Crippen LogP contribution in [0, 0.1) is 10.1 Å². The summed E-state index contributed by atoms with van der Waals surface area (Å²) < 4.78 is 5.41. The number of rotatable bonds is 5. The molecule has 0 amide bonds. The number of aryl methyl sites for hydroxylation is 1. The van der Waals surface area contributed by atoms with Crippen molar-refractivity contribution in [2.75, 3.05) is 0 Å². The molecule has 1 aromatic carbocycles. The highest BCUT2D eigenvalue weighted by Gasteiger charge is 2.19. The van der Waals surface area contributed by atoms with Gasteiger partial charge < -0.3 is 4.74 Å². The van der Waals surface area contributed by atoms with Crippen LogP contribution in [-0.2, 0) is 6.42 Å². The van der Waals surface area contributed by atoms with Gasteiger partial charge in [-0.05, 0) is 35.7 Å². The van der Waals surface area contributed by atoms with Crippen molar-refractivity contribution in [1.82, 2.24) is 9.97 Å². The minimum atomic E-state index is -0.614. The second-order valence-electron chi connectivity index (χ2n) is 4.08. The smallest absolute Gasteiger partial charge is 0.349 e. The molecule has 6 nitrogen and oxygen atoms in total. The Hall–Kier alpha value is -2.21. The van der Waals surface area contributed by atoms with Crippen molar-refractivity contribution in [2.24, 2.45) is 0 Å². The minimum absolute atomic E-state index is 0.104. The average Bonchev–Trinajstić information content (AvgIpc) is 2.41. The average molecular weight is 294 g/mol. The van der Waals surface area contributed by atoms with Crippen molar-refractivity contribution in [3.63, 3.8) is 0 Å². The van der Waals surface area contributed by atoms with Crippen LogP contribution in [0.3, 0.4) is 0 Å². The van der Waals surface area contributed by atoms with E-state index in [1.165, 1.54) is 5.56 Å². The van der Waals surface area contributed by atoms with E-state index in [9.17, 15) is 10.1 Å². The molecule has 2 aromatic rings. The molecule has 0 bridgehead atoms. The van der Waals surface area contributed by atoms with Gasteiger partial charge in [-0.25, -0.2) is 4.98 Å². The Morgan fingerprint density at radius 2 is 2.05 bits per heavy atom. The molecule has 0 unspecified atom stereocenters. The molecular formula is C13H12ClN3O3. The summed E-state index contributed by atoms with van der Waals surface area (Å²) in [6.07, 6.45) is 3.04. The molecular weight excluding hydrogens is 282 g/mol. The third kappa shape index (κ3) is 3.42. The summed E-state index contributed by atoms with van der Waals surface area (Å²) in [5.74, 6) is 0.293. The molecule has 0 saturated carbocycles. The van der Waals surface area contributed by atoms with Crippen molar-refractivity contribution >= 4 is 17.3 Å². The van der Waals surface area contributed by atoms with Crippen molar-refractivity contribution in [3.8, 4) is 11.6 Å². The number of aromatic nitrogens is 2. The molecule has 0 fully saturated rings. The van der Waals surface area contributed by atoms with Gasteiger partial charge in [-0.3, -0.25) is 10.1 Å². The summed E-state index contributed by atoms with van der Waals surface area (Å²) in [6.45, 7) is 2.09. The monoisotopic (exact) mass is 293 g/mol. The second-order valence-corrected chi connectivity index (χ2v) is 4.42. The third-order valence-electron chi connectivity index (χ3n) is 2.58. The summed E-state index contributed by atoms with van der Waals surface area (Å²) in [5, 5.41) is 10.8. The Morgan fingerprint density at radius 1 is 1.35 bits per heavy atom. The van der Waals surface area contributed by atoms with Crippen LogP contribution in [0.15, 0.2) is 30.5 Å². The van der Waals surface area contributed by atoms with Crippen LogP contribution in [0.5, 0.6) is 11.6 Å². The van der Waals surface area contributed by atoms with Gasteiger partial charge in [0.15, 0.2) is 0 Å². The van der Waals surface area contributed by atoms with Gasteiger partial charge in [0, 0.05) is 0 Å². The van der Waals surface area contributed by atoms with Crippen molar-refractivity contribution in [1.29, 1.82) is 0 Å². The molecule has 0 N–H and O–H groups in total. The van der Waals surface area contributed by atoms with Crippen LogP contribution >= 0.6 is 11.6 Å². The number of hydrogen-bond donors (Lipinski definition) is 0. The lowest BCUT2D eigenvalue weighted by molar-refractivity contribution is -0.386. The van der Waals surface area contributed by atoms with Gasteiger partial charge >= 0.3 is 11.6 Å². The Bertz CT molecular complexity index is 617. The van der Waals surface area contributed by atoms with Crippen LogP contribution in [-0.4, -0.2) is 14.9 Å². The molecule has 2 rings (SSSR count). The fraction of sp³-hybridized carbons (Fsp3) is 0.231. The molecule has 7 heteroatoms. The van der Waals surface area contributed by atoms with Crippen LogP contribution in [0.25, 0.3) is 0 Å². The van der Waals surface area contributed by atoms with E-state index in [1.54, 1.807) is 12.1 Å². The second kappa shape index (κ2) is 6.29. The first-order valence-corrected chi connectivity index (χ1v) is 6.41. The standard InChI is InChI=1S/C13H12ClN3O3/c1-2-3-9-4-6-10(7-5-9)20-12-11(17(18)19)8-15-13(14)16-12/h4-8H,2-3H2,1H3. The molecule has 104 valence electrons. The lowest BCUT2D eigenvalue weighted by Crippen LogP contribution is -1.98. The van der Waals surface area contributed by atoms with E-state index < -0.39 is 4.92 Å². The lowest BCUT2D eigenvalue weighted by Gasteiger charge is -2.06. The number of nitrogens with zero attached hydrogens (tertiary/aromatic N) is 3. The Morgan fingerprint density at radius 3 is 2.65 bits per heavy atom. The van der Waals surface area contributed by atoms with Crippen molar-refractivity contribution < 1.29 is 9.66 Å². The number of ether oxygens (including phenoxy) is 1. The minimum Gasteiger partial charge on any atom is -0.434 e. The third-order valence-corrected chi connectivity index (χ3v) is 2.76. The lowest BCUT2D eigenvalue weighted by atomic mass is 10.1. The predicted octanol–water partition coefficient (Wildman–Crippen LogP) is 3.78. The van der Waals surface area contributed by atoms with Gasteiger partial charge in [0.05, 0.1) is 4.92 Å². The number of hydrogen-bond acceptors (Lipinski definition) is 5. The van der Waals surface area contributed by atoms with Crippen LogP contribution < -0.4 is 4.74 Å². The van der Waals surface area contributed by atoms with E-state index >= 15 is 0 Å². The number of benzene rings is 1. The summed E-state index contributed by atoms with van der Waals surface area (Å²) in [5.41, 5.74) is 0.849. The molecule has 1 aromatic heterocycles. The van der Waals surface area contributed by atoms with Gasteiger partial charge in [-0.1, -0.05) is 25.5 Å². The first-order chi connectivity index (χ1) is 9.60. The number of halogens is 1. The fourth-order valence-corrected chi connectivity index (χ4v) is 1.79. The Kier molecular flexibility index (Phi) is 4.47. The van der Waals surface area contributed by atoms with Crippen LogP contribution in [0.1, 0.15) is 18.9 Å². The fourth-order valence-electron chi connectivity index (χ4n) is 1.66. The van der Waals surface area contributed by atoms with Crippen molar-refractivity contribution in [3.05, 3.63) is 51.4 Å². The molecule has 0 aliphatic rings. The van der Waals surface area contributed by atoms with Gasteiger partial charge in [0.25, 0.3) is 0 Å². The SMILES string of the molecule is CCCc1ccc(Oc2nc(Cl)ncc2[N+](=O)[O-])cc1. The highest BCUT2D eigenvalue weighted by Crippen LogP contribution is 2.29. The zero-order valence-corrected chi connectivity index (χ0v) is 11.5. The molecule has 0 aliphatic carbocycles. The quantitative estimate of drug-likeness (QED) is 0.476. The van der Waals surface area contributed by atoms with Gasteiger partial charge in [-0.2, -0.15) is 4.98 Å². The maximum Gasteiger partial charge on any atom is 0.349 e. The molecule has 20 heavy (non-hydrogen) atoms. The van der Waals surface area contributed by atoms with E-state index in [0.717, 1.165) is 19.0 Å². The largest absolute Gasteiger partial charge is 0.434 e. The van der Waals surface area contributed by atoms with E-state index in [2.05, 4.69) is 16.9 Å². The van der Waals surface area contributed by atoms with Crippen LogP contribution in [0.4, 0.5) is 5.69 Å². The van der Waals surface area contributed by atoms with Gasteiger partial charge in [-0.15, -0.1) is 0 Å². The zero-order chi connectivity index (χ0) is 14.5. The zero-order valence-electron chi connectivity index (χ0n) is 10.7. The van der Waals surface area contributed by atoms with Gasteiger partial charge in [0.1, 0.15) is 11.9 Å². The molecule has 0 aliphatic heterocycles. The molecule has 1 heterocycles. The highest BCUT2D eigenvalue weighted by atomic mass is 35.5. The van der Waals surface area contributed by atoms with Gasteiger partial charge in [0.2, 0.25) is 5.28 Å². The van der Waals surface area contributed by atoms with E-state index in [0.29, 0.717) is 5.75 Å². The topological polar surface area (TPSA) is 78.2 Å². The predicted molar refractivity (Wildman–Crippen MR) is 74.2 cm³/mol. The first-order valence-electron chi connectivity index (χ1n) is 6.04. The van der Waals surface area contributed by atoms with E-state index in [1.807, 2.05) is 12.1 Å². The summed E-state index contributed by atoms with van der Waals surface area (Å²) in [6, 6.07) is 7.30. The van der Waals surface area contributed by atoms with E-state index in [-0.39, 0.29) is 16.9 Å². The first kappa shape index (κ1) is 14.2. The normalized spacial score (nSPS) is 10.3. The summed E-state index contributed by atoms with van der Waals surface area (Å²) in [7, 11) is 0. The van der Waals surface area contributed by atoms with Crippen molar-refractivity contribution in [2.45, 2.75) is 19.8 Å². The molecule has 0 radical (unpaired) electrons. The molecule has 0 saturated heterocycles. The molecule has 0 spiro atoms.